The molecule has 0 radical (unpaired) electrons. The van der Waals surface area contributed by atoms with Crippen molar-refractivity contribution in [2.45, 2.75) is 146 Å². The van der Waals surface area contributed by atoms with Crippen LogP contribution in [0, 0.1) is 19.8 Å². The molecule has 2 atom stereocenters. The molecule has 2 unspecified atom stereocenters. The molecule has 5 fully saturated rings. The number of fused-ring (bicyclic) bond motifs is 2. The van der Waals surface area contributed by atoms with E-state index in [1.165, 1.54) is 88.7 Å². The predicted octanol–water partition coefficient (Wildman–Crippen LogP) is 11.1. The van der Waals surface area contributed by atoms with Crippen LogP contribution in [0.25, 0.3) is 0 Å². The van der Waals surface area contributed by atoms with Gasteiger partial charge in [0.05, 0.1) is 5.75 Å². The van der Waals surface area contributed by atoms with E-state index in [0.717, 1.165) is 101 Å². The Kier molecular flexibility index (Phi) is 30.9. The molecule has 2 N–H and O–H groups in total. The van der Waals surface area contributed by atoms with Crippen molar-refractivity contribution in [3.8, 4) is 0 Å². The van der Waals surface area contributed by atoms with Gasteiger partial charge in [-0.2, -0.15) is 0 Å². The fourth-order valence-electron chi connectivity index (χ4n) is 8.16. The number of sulfonamides is 1. The van der Waals surface area contributed by atoms with Gasteiger partial charge >= 0.3 is 0 Å². The second-order valence-corrected chi connectivity index (χ2v) is 23.9. The summed E-state index contributed by atoms with van der Waals surface area (Å²) in [5.74, 6) is 5.91. The highest BCUT2D eigenvalue weighted by Crippen LogP contribution is 2.29. The first-order valence-electron chi connectivity index (χ1n) is 24.6. The molecule has 0 spiro atoms. The Hall–Kier alpha value is -4.11. The van der Waals surface area contributed by atoms with Crippen molar-refractivity contribution >= 4 is 48.8 Å². The zero-order valence-corrected chi connectivity index (χ0v) is 44.4. The van der Waals surface area contributed by atoms with Crippen LogP contribution in [0.3, 0.4) is 0 Å². The maximum atomic E-state index is 11.1. The number of hydrogen-bond acceptors (Lipinski definition) is 8. The van der Waals surface area contributed by atoms with Gasteiger partial charge in [0, 0.05) is 118 Å². The van der Waals surface area contributed by atoms with Crippen molar-refractivity contribution < 1.29 is 22.2 Å². The van der Waals surface area contributed by atoms with E-state index in [1.807, 2.05) is 30.3 Å². The summed E-state index contributed by atoms with van der Waals surface area (Å²) in [7, 11) is 4.71. The van der Waals surface area contributed by atoms with Crippen LogP contribution in [0.4, 0.5) is 11.4 Å². The molecule has 2 aromatic carbocycles. The Balaban J connectivity index is 0.000000798. The third-order valence-electron chi connectivity index (χ3n) is 13.2. The van der Waals surface area contributed by atoms with Crippen LogP contribution in [0.2, 0.25) is 0 Å². The fourth-order valence-corrected chi connectivity index (χ4v) is 10.8. The van der Waals surface area contributed by atoms with Gasteiger partial charge in [0.2, 0.25) is 21.8 Å². The number of amides is 2. The number of carbonyl (C=O) groups excluding carboxylic acids is 2. The molecule has 0 saturated carbocycles. The lowest BCUT2D eigenvalue weighted by molar-refractivity contribution is -0.131. The molecule has 7 aliphatic rings. The molecule has 14 heteroatoms. The van der Waals surface area contributed by atoms with Crippen LogP contribution < -0.4 is 10.6 Å². The van der Waals surface area contributed by atoms with Gasteiger partial charge < -0.3 is 25.3 Å². The van der Waals surface area contributed by atoms with Crippen LogP contribution in [-0.4, -0.2) is 133 Å². The lowest BCUT2D eigenvalue weighted by atomic mass is 10.00. The molecule has 2 amide bonds. The normalized spacial score (nSPS) is 22.5. The molecule has 0 aromatic heterocycles. The van der Waals surface area contributed by atoms with E-state index >= 15 is 0 Å². The predicted molar refractivity (Wildman–Crippen MR) is 306 cm³/mol. The molecule has 7 aliphatic heterocycles. The molecule has 400 valence electrons. The summed E-state index contributed by atoms with van der Waals surface area (Å²) >= 11 is 0. The number of nitrogens with zero attached hydrogens (tertiary/aromatic N) is 5. The SMILES string of the molecule is C.C.C.C=C1CCCN1C.C=C1CCc2cc(C)ccc2N1.C=C1Nc2ccc(C)cc2CCC1C.C=S1(=O)CCCN1C.CN1CCCCC1=O.CN1CCCCCC1=O.CN1CCCCS1(=O)=O. The summed E-state index contributed by atoms with van der Waals surface area (Å²) in [6, 6.07) is 13.1. The van der Waals surface area contributed by atoms with Crippen molar-refractivity contribution in [3.63, 3.8) is 0 Å². The quantitative estimate of drug-likeness (QED) is 0.250. The van der Waals surface area contributed by atoms with E-state index in [1.54, 1.807) is 11.9 Å². The molecular weight excluding hydrogens is 915 g/mol. The van der Waals surface area contributed by atoms with Gasteiger partial charge in [-0.1, -0.05) is 90.8 Å². The molecule has 0 bridgehead atoms. The molecule has 5 saturated heterocycles. The number of rotatable bonds is 0. The van der Waals surface area contributed by atoms with Crippen LogP contribution in [-0.2, 0) is 42.2 Å². The van der Waals surface area contributed by atoms with Gasteiger partial charge in [0.1, 0.15) is 0 Å². The lowest BCUT2D eigenvalue weighted by Gasteiger charge is -2.21. The van der Waals surface area contributed by atoms with Gasteiger partial charge in [-0.05, 0) is 139 Å². The summed E-state index contributed by atoms with van der Waals surface area (Å²) in [4.78, 5) is 27.5. The average molecular weight is 1010 g/mol. The van der Waals surface area contributed by atoms with Gasteiger partial charge in [0.25, 0.3) is 0 Å². The van der Waals surface area contributed by atoms with Crippen molar-refractivity contribution in [1.29, 1.82) is 0 Å². The van der Waals surface area contributed by atoms with Crippen molar-refractivity contribution in [1.82, 2.24) is 23.3 Å². The number of nitrogens with one attached hydrogen (secondary N) is 2. The van der Waals surface area contributed by atoms with E-state index in [2.05, 4.69) is 105 Å². The zero-order chi connectivity index (χ0) is 49.7. The Morgan fingerprint density at radius 3 is 1.49 bits per heavy atom. The summed E-state index contributed by atoms with van der Waals surface area (Å²) in [5.41, 5.74) is 11.6. The molecule has 7 heterocycles. The van der Waals surface area contributed by atoms with E-state index < -0.39 is 19.7 Å². The second kappa shape index (κ2) is 32.8. The molecule has 0 aliphatic carbocycles. The minimum atomic E-state index is -2.83. The van der Waals surface area contributed by atoms with Gasteiger partial charge in [-0.3, -0.25) is 13.8 Å². The van der Waals surface area contributed by atoms with Crippen LogP contribution >= 0.6 is 0 Å². The average Bonchev–Trinajstić information content (AvgIpc) is 3.69. The number of anilines is 2. The third kappa shape index (κ3) is 23.4. The number of benzene rings is 2. The maximum absolute atomic E-state index is 11.1. The Bertz CT molecular complexity index is 2170. The highest BCUT2D eigenvalue weighted by Gasteiger charge is 2.21. The molecule has 2 aromatic rings. The van der Waals surface area contributed by atoms with Gasteiger partial charge in [0.15, 0.2) is 0 Å². The monoisotopic (exact) mass is 1010 g/mol. The first kappa shape index (κ1) is 65.9. The van der Waals surface area contributed by atoms with E-state index in [4.69, 9.17) is 0 Å². The molecule has 70 heavy (non-hydrogen) atoms. The molecule has 9 rings (SSSR count). The highest BCUT2D eigenvalue weighted by atomic mass is 32.2. The number of hydrogen-bond donors (Lipinski definition) is 2. The number of allylic oxidation sites excluding steroid dienone is 3. The minimum absolute atomic E-state index is 0. The highest BCUT2D eigenvalue weighted by molar-refractivity contribution is 7.98. The number of piperidine rings is 1. The van der Waals surface area contributed by atoms with Crippen LogP contribution in [0.5, 0.6) is 0 Å². The fraction of sp³-hybridized carbons (Fsp3) is 0.625. The first-order chi connectivity index (χ1) is 31.6. The summed E-state index contributed by atoms with van der Waals surface area (Å²) in [5, 5.41) is 6.70. The van der Waals surface area contributed by atoms with E-state index in [9.17, 15) is 22.2 Å². The smallest absolute Gasteiger partial charge is 0.222 e. The topological polar surface area (TPSA) is 126 Å². The summed E-state index contributed by atoms with van der Waals surface area (Å²) < 4.78 is 36.2. The molecular formula is C56H99N7O5S2. The first-order valence-corrected chi connectivity index (χ1v) is 28.0. The number of carbonyl (C=O) groups is 2. The number of aryl methyl sites for hydroxylation is 4. The largest absolute Gasteiger partial charge is 0.378 e. The van der Waals surface area contributed by atoms with Crippen LogP contribution in [0.15, 0.2) is 73.2 Å². The van der Waals surface area contributed by atoms with Crippen LogP contribution in [0.1, 0.15) is 141 Å². The Morgan fingerprint density at radius 1 is 0.543 bits per heavy atom. The summed E-state index contributed by atoms with van der Waals surface area (Å²) in [6.45, 7) is 23.1. The number of likely N-dealkylation sites (tertiary alicyclic amines) is 3. The van der Waals surface area contributed by atoms with Gasteiger partial charge in [-0.15, -0.1) is 0 Å². The Labute approximate surface area is 429 Å². The lowest BCUT2D eigenvalue weighted by Crippen LogP contribution is -2.34. The van der Waals surface area contributed by atoms with Gasteiger partial charge in [-0.25, -0.2) is 17.0 Å². The standard InChI is InChI=1S/C13H17N.C11H13N.C7H13NO.C6H11NO.C6H11N.C5H11NO2S.C5H11NOS.3CH4/c1-9-4-7-13-12(8-9)6-5-10(2)11(3)14-13;1-8-3-6-11-10(7-8)5-4-9(2)12-11;1-8-6-4-2-3-5-7(8)9;1-7-5-3-2-4-6(7)8;1-6-4-3-5-7(6)2;1-6-4-2-3-5-9(6,7)8;1-6-4-3-5-8(6,2)7;;;/h4,7-8,10,14H,3,5-6H2,1-2H3;3,6-7,12H,2,4-5H2,1H3;2-6H2,1H3;2-5H2,1H3;1,3-5H2,2H3;2-5H2,1H3;2-5H2,1H3;3*1H4. The van der Waals surface area contributed by atoms with E-state index in [-0.39, 0.29) is 22.3 Å². The Morgan fingerprint density at radius 2 is 1.04 bits per heavy atom. The van der Waals surface area contributed by atoms with E-state index in [0.29, 0.717) is 30.0 Å². The minimum Gasteiger partial charge on any atom is -0.378 e. The van der Waals surface area contributed by atoms with Crippen molar-refractivity contribution in [2.24, 2.45) is 5.92 Å². The third-order valence-corrected chi connectivity index (χ3v) is 17.4. The summed E-state index contributed by atoms with van der Waals surface area (Å²) in [6.07, 6.45) is 17.2. The molecule has 12 nitrogen and oxygen atoms in total. The van der Waals surface area contributed by atoms with Crippen molar-refractivity contribution in [3.05, 3.63) is 95.5 Å². The maximum Gasteiger partial charge on any atom is 0.222 e. The van der Waals surface area contributed by atoms with Crippen molar-refractivity contribution in [2.75, 3.05) is 90.1 Å². The second-order valence-electron chi connectivity index (χ2n) is 19.2. The zero-order valence-electron chi connectivity index (χ0n) is 42.7.